The predicted molar refractivity (Wildman–Crippen MR) is 146 cm³/mol. The van der Waals surface area contributed by atoms with Crippen LogP contribution in [0.1, 0.15) is 44.6 Å². The van der Waals surface area contributed by atoms with Crippen LogP contribution in [0.3, 0.4) is 0 Å². The highest BCUT2D eigenvalue weighted by atomic mass is 14.6. The molecule has 0 fully saturated rings. The third-order valence-electron chi connectivity index (χ3n) is 6.46. The smallest absolute Gasteiger partial charge is 0.242 e. The second-order valence-corrected chi connectivity index (χ2v) is 9.31. The molecule has 1 heterocycles. The van der Waals surface area contributed by atoms with Crippen molar-refractivity contribution in [3.05, 3.63) is 118 Å². The van der Waals surface area contributed by atoms with Gasteiger partial charge in [0, 0.05) is 6.20 Å². The lowest BCUT2D eigenvalue weighted by atomic mass is 9.34. The lowest BCUT2D eigenvalue weighted by Crippen LogP contribution is -2.55. The maximum Gasteiger partial charge on any atom is 0.242 e. The zero-order valence-corrected chi connectivity index (χ0v) is 20.6. The average Bonchev–Trinajstić information content (AvgIpc) is 2.76. The highest BCUT2D eigenvalue weighted by Crippen LogP contribution is 2.14. The fourth-order valence-corrected chi connectivity index (χ4v) is 5.23. The standard InChI is InChI=1S/C31H32BN/c1-21-17-23(3)30(24(4)18-21)32(31-25(5)19-22(2)20-26(31)6)28-13-10-27(11-14-28)12-15-29-9-7-8-16-33-29/h7-20H,1-6H3/b15-12+. The van der Waals surface area contributed by atoms with Gasteiger partial charge in [-0.1, -0.05) is 110 Å². The largest absolute Gasteiger partial charge is 0.257 e. The first-order valence-electron chi connectivity index (χ1n) is 11.7. The molecule has 1 nitrogen and oxygen atoms in total. The summed E-state index contributed by atoms with van der Waals surface area (Å²) < 4.78 is 0. The van der Waals surface area contributed by atoms with Gasteiger partial charge in [0.05, 0.1) is 5.69 Å². The van der Waals surface area contributed by atoms with E-state index in [1.807, 2.05) is 24.4 Å². The normalized spacial score (nSPS) is 11.2. The van der Waals surface area contributed by atoms with Crippen molar-refractivity contribution in [2.75, 3.05) is 0 Å². The minimum atomic E-state index is 0.208. The van der Waals surface area contributed by atoms with Crippen molar-refractivity contribution < 1.29 is 0 Å². The van der Waals surface area contributed by atoms with E-state index in [-0.39, 0.29) is 6.71 Å². The van der Waals surface area contributed by atoms with Crippen molar-refractivity contribution in [1.29, 1.82) is 0 Å². The van der Waals surface area contributed by atoms with E-state index in [0.717, 1.165) is 5.69 Å². The Kier molecular flexibility index (Phi) is 6.65. The Bertz CT molecular complexity index is 1200. The zero-order chi connectivity index (χ0) is 23.5. The van der Waals surface area contributed by atoms with E-state index in [4.69, 9.17) is 0 Å². The number of aromatic nitrogens is 1. The van der Waals surface area contributed by atoms with Gasteiger partial charge < -0.3 is 0 Å². The molecule has 0 saturated carbocycles. The number of pyridine rings is 1. The summed E-state index contributed by atoms with van der Waals surface area (Å²) in [7, 11) is 0. The summed E-state index contributed by atoms with van der Waals surface area (Å²) in [6.07, 6.45) is 6.02. The third-order valence-corrected chi connectivity index (χ3v) is 6.46. The number of aryl methyl sites for hydroxylation is 6. The Morgan fingerprint density at radius 3 is 1.58 bits per heavy atom. The molecule has 0 aliphatic heterocycles. The summed E-state index contributed by atoms with van der Waals surface area (Å²) in [6, 6.07) is 24.3. The summed E-state index contributed by atoms with van der Waals surface area (Å²) >= 11 is 0. The molecule has 0 amide bonds. The van der Waals surface area contributed by atoms with E-state index in [9.17, 15) is 0 Å². The average molecular weight is 429 g/mol. The molecule has 3 aromatic carbocycles. The molecule has 0 N–H and O–H groups in total. The second-order valence-electron chi connectivity index (χ2n) is 9.31. The van der Waals surface area contributed by atoms with E-state index in [0.29, 0.717) is 0 Å². The van der Waals surface area contributed by atoms with Gasteiger partial charge in [-0.3, -0.25) is 4.98 Å². The quantitative estimate of drug-likeness (QED) is 0.376. The van der Waals surface area contributed by atoms with Gasteiger partial charge >= 0.3 is 0 Å². The first-order chi connectivity index (χ1) is 15.8. The van der Waals surface area contributed by atoms with Gasteiger partial charge in [0.25, 0.3) is 0 Å². The van der Waals surface area contributed by atoms with Crippen LogP contribution in [0.4, 0.5) is 0 Å². The SMILES string of the molecule is Cc1cc(C)c(B(c2ccc(/C=C/c3ccccn3)cc2)c2c(C)cc(C)cc2C)c(C)c1. The lowest BCUT2D eigenvalue weighted by Gasteiger charge is -2.24. The molecule has 33 heavy (non-hydrogen) atoms. The van der Waals surface area contributed by atoms with Crippen molar-refractivity contribution in [2.45, 2.75) is 41.5 Å². The number of hydrogen-bond acceptors (Lipinski definition) is 1. The molecule has 0 radical (unpaired) electrons. The molecule has 0 atom stereocenters. The van der Waals surface area contributed by atoms with Crippen LogP contribution in [0.2, 0.25) is 0 Å². The Morgan fingerprint density at radius 1 is 0.606 bits per heavy atom. The summed E-state index contributed by atoms with van der Waals surface area (Å²) in [6.45, 7) is 13.6. The van der Waals surface area contributed by atoms with E-state index < -0.39 is 0 Å². The Hall–Kier alpha value is -3.39. The monoisotopic (exact) mass is 429 g/mol. The molecule has 0 aliphatic rings. The predicted octanol–water partition coefficient (Wildman–Crippen LogP) is 5.62. The highest BCUT2D eigenvalue weighted by Gasteiger charge is 2.28. The van der Waals surface area contributed by atoms with Crippen LogP contribution < -0.4 is 16.4 Å². The summed E-state index contributed by atoms with van der Waals surface area (Å²) in [5, 5.41) is 0. The third kappa shape index (κ3) is 5.01. The molecule has 4 aromatic rings. The molecule has 0 spiro atoms. The van der Waals surface area contributed by atoms with Gasteiger partial charge in [-0.15, -0.1) is 0 Å². The van der Waals surface area contributed by atoms with E-state index in [1.54, 1.807) is 0 Å². The minimum Gasteiger partial charge on any atom is -0.257 e. The van der Waals surface area contributed by atoms with E-state index in [2.05, 4.69) is 107 Å². The van der Waals surface area contributed by atoms with Crippen molar-refractivity contribution in [3.63, 3.8) is 0 Å². The van der Waals surface area contributed by atoms with Crippen LogP contribution in [0, 0.1) is 41.5 Å². The molecule has 0 aliphatic carbocycles. The molecular formula is C31H32BN. The molecule has 2 heteroatoms. The van der Waals surface area contributed by atoms with Crippen LogP contribution in [0.15, 0.2) is 72.9 Å². The molecule has 0 unspecified atom stereocenters. The Balaban J connectivity index is 1.82. The maximum absolute atomic E-state index is 4.39. The molecule has 4 rings (SSSR count). The van der Waals surface area contributed by atoms with Crippen LogP contribution in [-0.2, 0) is 0 Å². The number of nitrogens with zero attached hydrogens (tertiary/aromatic N) is 1. The van der Waals surface area contributed by atoms with Crippen LogP contribution in [0.25, 0.3) is 12.2 Å². The summed E-state index contributed by atoms with van der Waals surface area (Å²) in [5.41, 5.74) is 14.4. The van der Waals surface area contributed by atoms with Gasteiger partial charge in [0.2, 0.25) is 6.71 Å². The lowest BCUT2D eigenvalue weighted by molar-refractivity contribution is 1.30. The minimum absolute atomic E-state index is 0.208. The number of hydrogen-bond donors (Lipinski definition) is 0. The summed E-state index contributed by atoms with van der Waals surface area (Å²) in [5.74, 6) is 0. The Labute approximate surface area is 199 Å². The maximum atomic E-state index is 4.39. The summed E-state index contributed by atoms with van der Waals surface area (Å²) in [4.78, 5) is 4.39. The molecular weight excluding hydrogens is 397 g/mol. The van der Waals surface area contributed by atoms with E-state index in [1.165, 1.54) is 55.3 Å². The first kappa shape index (κ1) is 22.8. The molecule has 1 aromatic heterocycles. The van der Waals surface area contributed by atoms with Gasteiger partial charge in [-0.05, 0) is 65.3 Å². The van der Waals surface area contributed by atoms with E-state index >= 15 is 0 Å². The highest BCUT2D eigenvalue weighted by molar-refractivity contribution is 6.96. The van der Waals surface area contributed by atoms with Gasteiger partial charge in [0.15, 0.2) is 0 Å². The van der Waals surface area contributed by atoms with Gasteiger partial charge in [-0.2, -0.15) is 0 Å². The molecule has 0 saturated heterocycles. The van der Waals surface area contributed by atoms with Crippen molar-refractivity contribution in [2.24, 2.45) is 0 Å². The van der Waals surface area contributed by atoms with Crippen molar-refractivity contribution in [1.82, 2.24) is 4.98 Å². The zero-order valence-electron chi connectivity index (χ0n) is 20.6. The van der Waals surface area contributed by atoms with Crippen LogP contribution >= 0.6 is 0 Å². The number of benzene rings is 3. The fourth-order valence-electron chi connectivity index (χ4n) is 5.23. The first-order valence-corrected chi connectivity index (χ1v) is 11.7. The molecule has 164 valence electrons. The fraction of sp³-hybridized carbons (Fsp3) is 0.194. The number of rotatable bonds is 5. The second kappa shape index (κ2) is 9.62. The van der Waals surface area contributed by atoms with Gasteiger partial charge in [-0.25, -0.2) is 0 Å². The molecule has 0 bridgehead atoms. The Morgan fingerprint density at radius 2 is 1.12 bits per heavy atom. The van der Waals surface area contributed by atoms with Crippen molar-refractivity contribution >= 4 is 35.3 Å². The van der Waals surface area contributed by atoms with Crippen LogP contribution in [-0.4, -0.2) is 11.7 Å². The van der Waals surface area contributed by atoms with Crippen LogP contribution in [0.5, 0.6) is 0 Å². The van der Waals surface area contributed by atoms with Crippen molar-refractivity contribution in [3.8, 4) is 0 Å². The van der Waals surface area contributed by atoms with Gasteiger partial charge in [0.1, 0.15) is 0 Å². The topological polar surface area (TPSA) is 12.9 Å².